The van der Waals surface area contributed by atoms with Gasteiger partial charge in [-0.15, -0.1) is 0 Å². The Balaban J connectivity index is 1.41. The van der Waals surface area contributed by atoms with Crippen LogP contribution in [0.1, 0.15) is 30.0 Å². The van der Waals surface area contributed by atoms with Crippen molar-refractivity contribution < 1.29 is 14.4 Å². The summed E-state index contributed by atoms with van der Waals surface area (Å²) in [5, 5.41) is 5.68. The average molecular weight is 467 g/mol. The molecule has 1 atom stereocenters. The van der Waals surface area contributed by atoms with Gasteiger partial charge in [0.2, 0.25) is 5.91 Å². The molecule has 0 aliphatic carbocycles. The van der Waals surface area contributed by atoms with Crippen molar-refractivity contribution in [3.63, 3.8) is 0 Å². The lowest BCUT2D eigenvalue weighted by Gasteiger charge is -2.26. The quantitative estimate of drug-likeness (QED) is 0.612. The van der Waals surface area contributed by atoms with E-state index < -0.39 is 23.4 Å². The van der Waals surface area contributed by atoms with Crippen molar-refractivity contribution in [2.75, 3.05) is 36.5 Å². The molecule has 0 saturated carbocycles. The summed E-state index contributed by atoms with van der Waals surface area (Å²) in [5.74, 6) is 1.53. The number of aryl methyl sites for hydroxylation is 1. The minimum Gasteiger partial charge on any atom is -0.324 e. The van der Waals surface area contributed by atoms with Gasteiger partial charge in [0, 0.05) is 36.8 Å². The third-order valence-electron chi connectivity index (χ3n) is 6.35. The summed E-state index contributed by atoms with van der Waals surface area (Å²) in [7, 11) is 0. The van der Waals surface area contributed by atoms with Crippen molar-refractivity contribution in [2.45, 2.75) is 32.4 Å². The molecule has 7 nitrogen and oxygen atoms in total. The van der Waals surface area contributed by atoms with Gasteiger partial charge in [0.15, 0.2) is 0 Å². The molecule has 8 heteroatoms. The second kappa shape index (κ2) is 9.97. The Kier molecular flexibility index (Phi) is 7.05. The van der Waals surface area contributed by atoms with E-state index in [1.807, 2.05) is 68.1 Å². The standard InChI is InChI=1S/C25H30N4O3S/c1-3-25(20-7-5-4-6-8-20)23(31)29(24(32)27-25)17-22(30)26-21-10-9-19(15-18(21)2)16-28-11-13-33-14-12-28/h4-10,15H,3,11-14,16-17H2,1-2H3,(H,26,30)(H,27,32). The van der Waals surface area contributed by atoms with E-state index in [2.05, 4.69) is 21.6 Å². The first-order valence-corrected chi connectivity index (χ1v) is 12.5. The predicted molar refractivity (Wildman–Crippen MR) is 131 cm³/mol. The number of amides is 4. The smallest absolute Gasteiger partial charge is 0.324 e. The lowest BCUT2D eigenvalue weighted by Crippen LogP contribution is -2.44. The van der Waals surface area contributed by atoms with E-state index in [9.17, 15) is 14.4 Å². The molecule has 2 fully saturated rings. The minimum absolute atomic E-state index is 0.327. The zero-order valence-electron chi connectivity index (χ0n) is 19.1. The second-order valence-electron chi connectivity index (χ2n) is 8.53. The molecule has 2 aliphatic rings. The van der Waals surface area contributed by atoms with E-state index in [1.54, 1.807) is 0 Å². The van der Waals surface area contributed by atoms with Crippen LogP contribution in [0.15, 0.2) is 48.5 Å². The fourth-order valence-electron chi connectivity index (χ4n) is 4.45. The van der Waals surface area contributed by atoms with Crippen molar-refractivity contribution in [2.24, 2.45) is 0 Å². The van der Waals surface area contributed by atoms with Crippen molar-refractivity contribution in [3.05, 3.63) is 65.2 Å². The molecule has 174 valence electrons. The van der Waals surface area contributed by atoms with Crippen molar-refractivity contribution in [3.8, 4) is 0 Å². The normalized spacial score (nSPS) is 21.2. The van der Waals surface area contributed by atoms with Gasteiger partial charge in [-0.05, 0) is 36.1 Å². The van der Waals surface area contributed by atoms with Crippen LogP contribution in [0.25, 0.3) is 0 Å². The minimum atomic E-state index is -1.14. The molecule has 2 aromatic carbocycles. The Labute approximate surface area is 198 Å². The first kappa shape index (κ1) is 23.3. The van der Waals surface area contributed by atoms with E-state index in [0.29, 0.717) is 17.7 Å². The molecular formula is C25H30N4O3S. The number of rotatable bonds is 7. The molecule has 0 bridgehead atoms. The van der Waals surface area contributed by atoms with Gasteiger partial charge in [-0.25, -0.2) is 4.79 Å². The lowest BCUT2D eigenvalue weighted by atomic mass is 9.87. The third kappa shape index (κ3) is 4.91. The van der Waals surface area contributed by atoms with Crippen molar-refractivity contribution in [1.29, 1.82) is 0 Å². The highest BCUT2D eigenvalue weighted by molar-refractivity contribution is 7.99. The Morgan fingerprint density at radius 3 is 2.52 bits per heavy atom. The Morgan fingerprint density at radius 1 is 1.12 bits per heavy atom. The Bertz CT molecular complexity index is 1040. The summed E-state index contributed by atoms with van der Waals surface area (Å²) in [6.07, 6.45) is 0.399. The largest absolute Gasteiger partial charge is 0.325 e. The second-order valence-corrected chi connectivity index (χ2v) is 9.76. The number of carbonyl (C=O) groups is 3. The molecule has 1 unspecified atom stereocenters. The van der Waals surface area contributed by atoms with Crippen molar-refractivity contribution in [1.82, 2.24) is 15.1 Å². The van der Waals surface area contributed by atoms with Crippen LogP contribution in [0.4, 0.5) is 10.5 Å². The molecule has 2 heterocycles. The molecule has 4 rings (SSSR count). The van der Waals surface area contributed by atoms with Crippen LogP contribution in [0.2, 0.25) is 0 Å². The highest BCUT2D eigenvalue weighted by Gasteiger charge is 2.51. The van der Waals surface area contributed by atoms with Crippen LogP contribution in [0, 0.1) is 6.92 Å². The summed E-state index contributed by atoms with van der Waals surface area (Å²) in [6, 6.07) is 14.6. The van der Waals surface area contributed by atoms with Gasteiger partial charge in [0.25, 0.3) is 5.91 Å². The lowest BCUT2D eigenvalue weighted by molar-refractivity contribution is -0.134. The molecule has 0 aromatic heterocycles. The Morgan fingerprint density at radius 2 is 1.85 bits per heavy atom. The van der Waals surface area contributed by atoms with Crippen LogP contribution < -0.4 is 10.6 Å². The summed E-state index contributed by atoms with van der Waals surface area (Å²) < 4.78 is 0. The molecule has 0 radical (unpaired) electrons. The van der Waals surface area contributed by atoms with Crippen LogP contribution in [-0.4, -0.2) is 58.8 Å². The molecule has 0 spiro atoms. The van der Waals surface area contributed by atoms with Gasteiger partial charge in [-0.1, -0.05) is 49.4 Å². The van der Waals surface area contributed by atoms with E-state index >= 15 is 0 Å². The number of hydrogen-bond donors (Lipinski definition) is 2. The zero-order valence-corrected chi connectivity index (χ0v) is 19.9. The van der Waals surface area contributed by atoms with Crippen molar-refractivity contribution >= 4 is 35.3 Å². The molecule has 4 amide bonds. The number of thioether (sulfide) groups is 1. The van der Waals surface area contributed by atoms with Crippen LogP contribution in [0.5, 0.6) is 0 Å². The summed E-state index contributed by atoms with van der Waals surface area (Å²) in [6.45, 7) is 6.56. The first-order valence-electron chi connectivity index (χ1n) is 11.3. The van der Waals surface area contributed by atoms with Gasteiger partial charge in [-0.3, -0.25) is 19.4 Å². The average Bonchev–Trinajstić information content (AvgIpc) is 3.07. The maximum atomic E-state index is 13.2. The molecule has 2 N–H and O–H groups in total. The first-order chi connectivity index (χ1) is 15.9. The summed E-state index contributed by atoms with van der Waals surface area (Å²) in [4.78, 5) is 42.0. The predicted octanol–water partition coefficient (Wildman–Crippen LogP) is 3.34. The van der Waals surface area contributed by atoms with E-state index in [0.717, 1.165) is 30.1 Å². The SMILES string of the molecule is CCC1(c2ccccc2)NC(=O)N(CC(=O)Nc2ccc(CN3CCSCC3)cc2C)C1=O. The number of carbonyl (C=O) groups excluding carboxylic acids is 3. The molecule has 33 heavy (non-hydrogen) atoms. The van der Waals surface area contributed by atoms with Gasteiger partial charge in [0.05, 0.1) is 0 Å². The zero-order chi connectivity index (χ0) is 23.4. The maximum Gasteiger partial charge on any atom is 0.325 e. The maximum absolute atomic E-state index is 13.2. The fraction of sp³-hybridized carbons (Fsp3) is 0.400. The third-order valence-corrected chi connectivity index (χ3v) is 7.29. The van der Waals surface area contributed by atoms with Crippen LogP contribution in [-0.2, 0) is 21.7 Å². The highest BCUT2D eigenvalue weighted by Crippen LogP contribution is 2.32. The number of hydrogen-bond acceptors (Lipinski definition) is 5. The van der Waals surface area contributed by atoms with Gasteiger partial charge in [0.1, 0.15) is 12.1 Å². The molecule has 2 saturated heterocycles. The fourth-order valence-corrected chi connectivity index (χ4v) is 5.43. The summed E-state index contributed by atoms with van der Waals surface area (Å²) in [5.41, 5.74) is 2.43. The van der Waals surface area contributed by atoms with Gasteiger partial charge < -0.3 is 10.6 Å². The summed E-state index contributed by atoms with van der Waals surface area (Å²) >= 11 is 1.99. The molecule has 2 aromatic rings. The van der Waals surface area contributed by atoms with Crippen LogP contribution in [0.3, 0.4) is 0 Å². The Hall–Kier alpha value is -2.84. The number of nitrogens with one attached hydrogen (secondary N) is 2. The number of anilines is 1. The van der Waals surface area contributed by atoms with Gasteiger partial charge in [-0.2, -0.15) is 11.8 Å². The van der Waals surface area contributed by atoms with Gasteiger partial charge >= 0.3 is 6.03 Å². The number of nitrogens with zero attached hydrogens (tertiary/aromatic N) is 2. The molecular weight excluding hydrogens is 436 g/mol. The highest BCUT2D eigenvalue weighted by atomic mass is 32.2. The topological polar surface area (TPSA) is 81.8 Å². The van der Waals surface area contributed by atoms with E-state index in [4.69, 9.17) is 0 Å². The number of urea groups is 1. The van der Waals surface area contributed by atoms with Crippen LogP contribution >= 0.6 is 11.8 Å². The monoisotopic (exact) mass is 466 g/mol. The number of imide groups is 1. The van der Waals surface area contributed by atoms with E-state index in [-0.39, 0.29) is 6.54 Å². The number of benzene rings is 2. The van der Waals surface area contributed by atoms with E-state index in [1.165, 1.54) is 17.1 Å². The molecule has 2 aliphatic heterocycles.